The molecule has 1 aromatic carbocycles. The van der Waals surface area contributed by atoms with Crippen LogP contribution in [0.4, 0.5) is 11.4 Å². The standard InChI is InChI=1S/C15H19N3S/c1-2-15-17-13(10-19-15)9-18-7-3-4-11-8-12(16)5-6-14(11)18/h5-6,8,10H,2-4,7,9,16H2,1H3. The maximum absolute atomic E-state index is 5.87. The van der Waals surface area contributed by atoms with Crippen molar-refractivity contribution in [2.24, 2.45) is 0 Å². The van der Waals surface area contributed by atoms with Crippen LogP contribution in [0.2, 0.25) is 0 Å². The summed E-state index contributed by atoms with van der Waals surface area (Å²) in [7, 11) is 0. The molecule has 0 saturated carbocycles. The Balaban J connectivity index is 1.83. The van der Waals surface area contributed by atoms with Gasteiger partial charge in [-0.2, -0.15) is 0 Å². The van der Waals surface area contributed by atoms with Crippen LogP contribution < -0.4 is 10.6 Å². The number of nitrogens with zero attached hydrogens (tertiary/aromatic N) is 2. The maximum atomic E-state index is 5.87. The zero-order valence-corrected chi connectivity index (χ0v) is 12.0. The maximum Gasteiger partial charge on any atom is 0.0926 e. The molecular weight excluding hydrogens is 254 g/mol. The smallest absolute Gasteiger partial charge is 0.0926 e. The molecule has 2 aromatic rings. The van der Waals surface area contributed by atoms with E-state index in [1.165, 1.54) is 28.4 Å². The molecule has 0 atom stereocenters. The van der Waals surface area contributed by atoms with E-state index in [-0.39, 0.29) is 0 Å². The number of aromatic nitrogens is 1. The van der Waals surface area contributed by atoms with Gasteiger partial charge in [0.1, 0.15) is 0 Å². The minimum Gasteiger partial charge on any atom is -0.399 e. The van der Waals surface area contributed by atoms with Crippen molar-refractivity contribution in [1.29, 1.82) is 0 Å². The molecule has 1 aliphatic heterocycles. The first-order valence-electron chi connectivity index (χ1n) is 6.83. The first kappa shape index (κ1) is 12.5. The molecule has 0 aliphatic carbocycles. The predicted octanol–water partition coefficient (Wildman–Crippen LogP) is 3.24. The van der Waals surface area contributed by atoms with Crippen molar-refractivity contribution in [3.63, 3.8) is 0 Å². The molecule has 0 bridgehead atoms. The van der Waals surface area contributed by atoms with Gasteiger partial charge in [0, 0.05) is 23.3 Å². The molecule has 0 radical (unpaired) electrons. The zero-order valence-electron chi connectivity index (χ0n) is 11.2. The van der Waals surface area contributed by atoms with E-state index in [2.05, 4.69) is 34.3 Å². The van der Waals surface area contributed by atoms with Crippen molar-refractivity contribution < 1.29 is 0 Å². The van der Waals surface area contributed by atoms with Crippen molar-refractivity contribution in [2.75, 3.05) is 17.2 Å². The summed E-state index contributed by atoms with van der Waals surface area (Å²) in [5, 5.41) is 3.41. The van der Waals surface area contributed by atoms with Gasteiger partial charge in [-0.1, -0.05) is 6.92 Å². The second kappa shape index (κ2) is 5.21. The summed E-state index contributed by atoms with van der Waals surface area (Å²) in [6.07, 6.45) is 3.35. The molecule has 3 rings (SSSR count). The summed E-state index contributed by atoms with van der Waals surface area (Å²) in [6.45, 7) is 4.17. The van der Waals surface area contributed by atoms with Crippen LogP contribution in [0.5, 0.6) is 0 Å². The average Bonchev–Trinajstić information content (AvgIpc) is 2.86. The van der Waals surface area contributed by atoms with Gasteiger partial charge in [0.2, 0.25) is 0 Å². The van der Waals surface area contributed by atoms with E-state index in [9.17, 15) is 0 Å². The van der Waals surface area contributed by atoms with Crippen molar-refractivity contribution >= 4 is 22.7 Å². The Hall–Kier alpha value is -1.55. The fourth-order valence-electron chi connectivity index (χ4n) is 2.64. The van der Waals surface area contributed by atoms with Gasteiger partial charge in [-0.05, 0) is 43.0 Å². The van der Waals surface area contributed by atoms with Gasteiger partial charge in [0.25, 0.3) is 0 Å². The van der Waals surface area contributed by atoms with E-state index in [1.807, 2.05) is 6.07 Å². The lowest BCUT2D eigenvalue weighted by Crippen LogP contribution is -2.29. The number of hydrogen-bond donors (Lipinski definition) is 1. The van der Waals surface area contributed by atoms with Crippen molar-refractivity contribution in [1.82, 2.24) is 4.98 Å². The predicted molar refractivity (Wildman–Crippen MR) is 81.7 cm³/mol. The van der Waals surface area contributed by atoms with Crippen LogP contribution >= 0.6 is 11.3 Å². The molecule has 0 unspecified atom stereocenters. The molecule has 0 saturated heterocycles. The van der Waals surface area contributed by atoms with Crippen LogP contribution in [-0.2, 0) is 19.4 Å². The third-order valence-corrected chi connectivity index (χ3v) is 4.61. The molecule has 0 fully saturated rings. The molecule has 1 aliphatic rings. The monoisotopic (exact) mass is 273 g/mol. The number of rotatable bonds is 3. The van der Waals surface area contributed by atoms with Crippen LogP contribution in [0, 0.1) is 0 Å². The number of thiazole rings is 1. The quantitative estimate of drug-likeness (QED) is 0.873. The van der Waals surface area contributed by atoms with Gasteiger partial charge in [-0.25, -0.2) is 4.98 Å². The first-order chi connectivity index (χ1) is 9.26. The minimum atomic E-state index is 0.863. The van der Waals surface area contributed by atoms with Crippen LogP contribution in [0.1, 0.15) is 29.6 Å². The molecular formula is C15H19N3S. The summed E-state index contributed by atoms with van der Waals surface area (Å²) < 4.78 is 0. The van der Waals surface area contributed by atoms with Crippen molar-refractivity contribution in [3.05, 3.63) is 39.8 Å². The third-order valence-electron chi connectivity index (χ3n) is 3.57. The summed E-state index contributed by atoms with van der Waals surface area (Å²) in [6, 6.07) is 6.26. The fourth-order valence-corrected chi connectivity index (χ4v) is 3.37. The highest BCUT2D eigenvalue weighted by molar-refractivity contribution is 7.09. The highest BCUT2D eigenvalue weighted by Crippen LogP contribution is 2.30. The SMILES string of the molecule is CCc1nc(CN2CCCc3cc(N)ccc32)cs1. The molecule has 19 heavy (non-hydrogen) atoms. The number of aryl methyl sites for hydroxylation is 2. The van der Waals surface area contributed by atoms with E-state index in [0.717, 1.165) is 31.6 Å². The Morgan fingerprint density at radius 1 is 1.42 bits per heavy atom. The molecule has 2 N–H and O–H groups in total. The van der Waals surface area contributed by atoms with Gasteiger partial charge >= 0.3 is 0 Å². The summed E-state index contributed by atoms with van der Waals surface area (Å²) in [4.78, 5) is 7.09. The molecule has 1 aromatic heterocycles. The number of fused-ring (bicyclic) bond motifs is 1. The lowest BCUT2D eigenvalue weighted by Gasteiger charge is -2.31. The average molecular weight is 273 g/mol. The molecule has 100 valence electrons. The number of nitrogens with two attached hydrogens (primary N) is 1. The molecule has 0 spiro atoms. The van der Waals surface area contributed by atoms with Crippen LogP contribution in [0.3, 0.4) is 0 Å². The Morgan fingerprint density at radius 2 is 2.32 bits per heavy atom. The highest BCUT2D eigenvalue weighted by Gasteiger charge is 2.17. The number of hydrogen-bond acceptors (Lipinski definition) is 4. The van der Waals surface area contributed by atoms with E-state index < -0.39 is 0 Å². The fraction of sp³-hybridized carbons (Fsp3) is 0.400. The Morgan fingerprint density at radius 3 is 3.11 bits per heavy atom. The topological polar surface area (TPSA) is 42.2 Å². The van der Waals surface area contributed by atoms with Gasteiger partial charge in [0.05, 0.1) is 17.2 Å². The summed E-state index contributed by atoms with van der Waals surface area (Å²) in [5.74, 6) is 0. The van der Waals surface area contributed by atoms with E-state index >= 15 is 0 Å². The molecule has 0 amide bonds. The molecule has 3 nitrogen and oxygen atoms in total. The lowest BCUT2D eigenvalue weighted by molar-refractivity contribution is 0.685. The zero-order chi connectivity index (χ0) is 13.2. The van der Waals surface area contributed by atoms with E-state index in [0.29, 0.717) is 0 Å². The lowest BCUT2D eigenvalue weighted by atomic mass is 10.0. The van der Waals surface area contributed by atoms with E-state index in [4.69, 9.17) is 5.73 Å². The summed E-state index contributed by atoms with van der Waals surface area (Å²) >= 11 is 1.76. The van der Waals surface area contributed by atoms with Crippen molar-refractivity contribution in [3.8, 4) is 0 Å². The van der Waals surface area contributed by atoms with Crippen molar-refractivity contribution in [2.45, 2.75) is 32.7 Å². The van der Waals surface area contributed by atoms with Gasteiger partial charge in [-0.15, -0.1) is 11.3 Å². The number of benzene rings is 1. The van der Waals surface area contributed by atoms with Gasteiger partial charge < -0.3 is 10.6 Å². The second-order valence-electron chi connectivity index (χ2n) is 5.00. The van der Waals surface area contributed by atoms with Crippen LogP contribution in [0.15, 0.2) is 23.6 Å². The Labute approximate surface area is 118 Å². The normalized spacial score (nSPS) is 14.5. The Kier molecular flexibility index (Phi) is 3.42. The minimum absolute atomic E-state index is 0.863. The largest absolute Gasteiger partial charge is 0.399 e. The van der Waals surface area contributed by atoms with E-state index in [1.54, 1.807) is 11.3 Å². The van der Waals surface area contributed by atoms with Crippen LogP contribution in [0.25, 0.3) is 0 Å². The molecule has 2 heterocycles. The van der Waals surface area contributed by atoms with Gasteiger partial charge in [0.15, 0.2) is 0 Å². The third kappa shape index (κ3) is 2.59. The summed E-state index contributed by atoms with van der Waals surface area (Å²) in [5.41, 5.74) is 10.6. The first-order valence-corrected chi connectivity index (χ1v) is 7.71. The Bertz CT molecular complexity index is 577. The second-order valence-corrected chi connectivity index (χ2v) is 5.94. The van der Waals surface area contributed by atoms with Crippen LogP contribution in [-0.4, -0.2) is 11.5 Å². The number of nitrogen functional groups attached to an aromatic ring is 1. The number of anilines is 2. The van der Waals surface area contributed by atoms with Gasteiger partial charge in [-0.3, -0.25) is 0 Å². The highest BCUT2D eigenvalue weighted by atomic mass is 32.1. The molecule has 4 heteroatoms.